The summed E-state index contributed by atoms with van der Waals surface area (Å²) in [6.45, 7) is 14.5. The van der Waals surface area contributed by atoms with E-state index in [0.29, 0.717) is 25.7 Å². The molecule has 0 aromatic rings. The van der Waals surface area contributed by atoms with Crippen molar-refractivity contribution in [3.63, 3.8) is 0 Å². The van der Waals surface area contributed by atoms with Gasteiger partial charge in [-0.2, -0.15) is 0 Å². The van der Waals surface area contributed by atoms with E-state index in [-0.39, 0.29) is 25.7 Å². The lowest BCUT2D eigenvalue weighted by molar-refractivity contribution is -0.161. The lowest BCUT2D eigenvalue weighted by Gasteiger charge is -2.21. The first-order chi connectivity index (χ1) is 53.2. The third-order valence-corrected chi connectivity index (χ3v) is 24.3. The van der Waals surface area contributed by atoms with Gasteiger partial charge in [-0.05, 0) is 49.4 Å². The van der Waals surface area contributed by atoms with E-state index in [2.05, 4.69) is 55.4 Å². The Morgan fingerprint density at radius 2 is 0.436 bits per heavy atom. The van der Waals surface area contributed by atoms with Crippen LogP contribution in [0.4, 0.5) is 0 Å². The number of phosphoric acid groups is 2. The molecule has 0 saturated carbocycles. The van der Waals surface area contributed by atoms with Crippen molar-refractivity contribution in [3.05, 3.63) is 0 Å². The van der Waals surface area contributed by atoms with Gasteiger partial charge in [0.2, 0.25) is 0 Å². The van der Waals surface area contributed by atoms with Gasteiger partial charge in [0.1, 0.15) is 19.3 Å². The number of carbonyl (C=O) groups excluding carboxylic acids is 4. The summed E-state index contributed by atoms with van der Waals surface area (Å²) < 4.78 is 69.1. The Bertz CT molecular complexity index is 2130. The molecule has 0 amide bonds. The molecule has 8 atom stereocenters. The third kappa shape index (κ3) is 79.9. The van der Waals surface area contributed by atoms with Crippen LogP contribution in [0.3, 0.4) is 0 Å². The molecule has 0 aromatic carbocycles. The molecule has 0 heterocycles. The molecule has 19 heteroatoms. The summed E-state index contributed by atoms with van der Waals surface area (Å²) in [7, 11) is -9.94. The molecule has 0 bridgehead atoms. The van der Waals surface area contributed by atoms with Gasteiger partial charge in [0.05, 0.1) is 26.4 Å². The number of carbonyl (C=O) groups is 4. The van der Waals surface area contributed by atoms with E-state index in [1.807, 2.05) is 0 Å². The first-order valence-electron chi connectivity index (χ1n) is 46.8. The maximum atomic E-state index is 13.2. The van der Waals surface area contributed by atoms with Crippen molar-refractivity contribution in [2.45, 2.75) is 497 Å². The van der Waals surface area contributed by atoms with Crippen LogP contribution in [0.25, 0.3) is 0 Å². The smallest absolute Gasteiger partial charge is 0.462 e. The summed E-state index contributed by atoms with van der Waals surface area (Å²) in [6, 6.07) is 0. The highest BCUT2D eigenvalue weighted by Crippen LogP contribution is 2.45. The number of ether oxygens (including phenoxy) is 4. The van der Waals surface area contributed by atoms with Crippen molar-refractivity contribution in [1.82, 2.24) is 0 Å². The molecular formula is C91H178O17P2. The predicted octanol–water partition coefficient (Wildman–Crippen LogP) is 27.9. The Hall–Kier alpha value is -1.94. The standard InChI is InChI=1S/C91H178O17P2/c1-9-82(6)68-60-52-44-36-30-24-18-14-12-13-15-19-27-33-39-49-57-65-73-90(95)107-86(77-101-88(93)71-63-55-47-38-32-26-20-16-17-23-29-35-43-51-59-67-81(4)5)79-105-109(97,98)103-75-85(92)76-104-110(99,100)106-80-87(78-102-89(94)72-64-56-48-42-41-46-54-62-70-84(8)11-3)108-91(96)74-66-58-50-40-34-28-22-21-25-31-37-45-53-61-69-83(7)10-2/h81-87,92H,9-80H2,1-8H3,(H,97,98)(H,99,100)/t82?,83?,84?,85-,86-,87-/m1/s1. The molecule has 0 aliphatic carbocycles. The van der Waals surface area contributed by atoms with E-state index in [4.69, 9.17) is 37.0 Å². The predicted molar refractivity (Wildman–Crippen MR) is 455 cm³/mol. The van der Waals surface area contributed by atoms with E-state index >= 15 is 0 Å². The average Bonchev–Trinajstić information content (AvgIpc) is 0.899. The van der Waals surface area contributed by atoms with Crippen molar-refractivity contribution in [2.24, 2.45) is 23.7 Å². The molecule has 654 valence electrons. The summed E-state index contributed by atoms with van der Waals surface area (Å²) >= 11 is 0. The monoisotopic (exact) mass is 1610 g/mol. The number of hydrogen-bond acceptors (Lipinski definition) is 15. The maximum Gasteiger partial charge on any atom is 0.472 e. The number of hydrogen-bond donors (Lipinski definition) is 3. The second kappa shape index (κ2) is 79.5. The number of unbranched alkanes of at least 4 members (excludes halogenated alkanes) is 51. The fraction of sp³-hybridized carbons (Fsp3) is 0.956. The van der Waals surface area contributed by atoms with Gasteiger partial charge in [-0.1, -0.05) is 428 Å². The van der Waals surface area contributed by atoms with Crippen LogP contribution in [0.15, 0.2) is 0 Å². The third-order valence-electron chi connectivity index (χ3n) is 22.4. The van der Waals surface area contributed by atoms with E-state index in [9.17, 15) is 43.2 Å². The number of esters is 4. The number of aliphatic hydroxyl groups excluding tert-OH is 1. The van der Waals surface area contributed by atoms with Crippen LogP contribution in [-0.2, 0) is 65.4 Å². The number of rotatable bonds is 88. The molecule has 17 nitrogen and oxygen atoms in total. The largest absolute Gasteiger partial charge is 0.472 e. The van der Waals surface area contributed by atoms with Gasteiger partial charge >= 0.3 is 39.5 Å². The van der Waals surface area contributed by atoms with Crippen LogP contribution in [0, 0.1) is 23.7 Å². The average molecular weight is 1610 g/mol. The zero-order chi connectivity index (χ0) is 80.9. The van der Waals surface area contributed by atoms with Gasteiger partial charge < -0.3 is 33.8 Å². The van der Waals surface area contributed by atoms with Crippen molar-refractivity contribution in [3.8, 4) is 0 Å². The molecule has 0 saturated heterocycles. The maximum absolute atomic E-state index is 13.2. The molecular weight excluding hydrogens is 1430 g/mol. The van der Waals surface area contributed by atoms with Crippen molar-refractivity contribution < 1.29 is 80.2 Å². The fourth-order valence-corrected chi connectivity index (χ4v) is 15.7. The molecule has 110 heavy (non-hydrogen) atoms. The van der Waals surface area contributed by atoms with Gasteiger partial charge in [0, 0.05) is 25.7 Å². The van der Waals surface area contributed by atoms with Crippen molar-refractivity contribution in [1.29, 1.82) is 0 Å². The summed E-state index contributed by atoms with van der Waals surface area (Å²) in [6.07, 6.45) is 70.7. The minimum absolute atomic E-state index is 0.107. The van der Waals surface area contributed by atoms with Crippen LogP contribution in [0.2, 0.25) is 0 Å². The summed E-state index contributed by atoms with van der Waals surface area (Å²) in [5, 5.41) is 10.7. The molecule has 0 rings (SSSR count). The zero-order valence-electron chi connectivity index (χ0n) is 72.9. The van der Waals surface area contributed by atoms with Gasteiger partial charge in [0.15, 0.2) is 12.2 Å². The SMILES string of the molecule is CCC(C)CCCCCCCCCCCCCCCCCCCCC(=O)O[C@H](COC(=O)CCCCCCCCCCCCCCCCCC(C)C)COP(=O)(O)OC[C@@H](O)COP(=O)(O)OC[C@@H](COC(=O)CCCCCCCCCCC(C)CC)OC(=O)CCCCCCCCCCCCCCCCC(C)CC. The minimum Gasteiger partial charge on any atom is -0.462 e. The Kier molecular flexibility index (Phi) is 78.1. The Labute approximate surface area is 677 Å². The summed E-state index contributed by atoms with van der Waals surface area (Å²) in [5.41, 5.74) is 0. The molecule has 3 N–H and O–H groups in total. The molecule has 0 aliphatic rings. The number of phosphoric ester groups is 2. The second-order valence-electron chi connectivity index (χ2n) is 33.9. The van der Waals surface area contributed by atoms with Gasteiger partial charge in [-0.15, -0.1) is 0 Å². The molecule has 5 unspecified atom stereocenters. The van der Waals surface area contributed by atoms with Gasteiger partial charge in [-0.3, -0.25) is 37.3 Å². The van der Waals surface area contributed by atoms with E-state index < -0.39 is 97.5 Å². The zero-order valence-corrected chi connectivity index (χ0v) is 74.7. The molecule has 0 spiro atoms. The second-order valence-corrected chi connectivity index (χ2v) is 36.8. The highest BCUT2D eigenvalue weighted by molar-refractivity contribution is 7.47. The van der Waals surface area contributed by atoms with Crippen LogP contribution < -0.4 is 0 Å². The first kappa shape index (κ1) is 108. The summed E-state index contributed by atoms with van der Waals surface area (Å²) in [4.78, 5) is 73.4. The van der Waals surface area contributed by atoms with E-state index in [0.717, 1.165) is 114 Å². The van der Waals surface area contributed by atoms with Crippen LogP contribution in [0.1, 0.15) is 479 Å². The Balaban J connectivity index is 5.26. The minimum atomic E-state index is -4.97. The lowest BCUT2D eigenvalue weighted by atomic mass is 9.99. The fourth-order valence-electron chi connectivity index (χ4n) is 14.1. The molecule has 0 fully saturated rings. The molecule has 0 aliphatic heterocycles. The normalized spacial score (nSPS) is 14.6. The Morgan fingerprint density at radius 3 is 0.645 bits per heavy atom. The molecule has 0 aromatic heterocycles. The lowest BCUT2D eigenvalue weighted by Crippen LogP contribution is -2.30. The van der Waals surface area contributed by atoms with Crippen LogP contribution in [-0.4, -0.2) is 96.7 Å². The molecule has 0 radical (unpaired) electrons. The Morgan fingerprint density at radius 1 is 0.255 bits per heavy atom. The van der Waals surface area contributed by atoms with E-state index in [1.54, 1.807) is 0 Å². The first-order valence-corrected chi connectivity index (χ1v) is 49.8. The van der Waals surface area contributed by atoms with Gasteiger partial charge in [-0.25, -0.2) is 9.13 Å². The van der Waals surface area contributed by atoms with E-state index in [1.165, 1.54) is 283 Å². The van der Waals surface area contributed by atoms with Crippen LogP contribution in [0.5, 0.6) is 0 Å². The van der Waals surface area contributed by atoms with Crippen LogP contribution >= 0.6 is 15.6 Å². The number of aliphatic hydroxyl groups is 1. The highest BCUT2D eigenvalue weighted by atomic mass is 31.2. The summed E-state index contributed by atoms with van der Waals surface area (Å²) in [5.74, 6) is 1.20. The van der Waals surface area contributed by atoms with Crippen molar-refractivity contribution >= 4 is 39.5 Å². The quantitative estimate of drug-likeness (QED) is 0.0222. The topological polar surface area (TPSA) is 237 Å². The highest BCUT2D eigenvalue weighted by Gasteiger charge is 2.31. The van der Waals surface area contributed by atoms with Gasteiger partial charge in [0.25, 0.3) is 0 Å². The van der Waals surface area contributed by atoms with Crippen molar-refractivity contribution in [2.75, 3.05) is 39.6 Å².